The molecule has 0 radical (unpaired) electrons. The van der Waals surface area contributed by atoms with Crippen LogP contribution in [0.1, 0.15) is 50.0 Å². The van der Waals surface area contributed by atoms with Gasteiger partial charge in [-0.25, -0.2) is 0 Å². The number of aryl methyl sites for hydroxylation is 1. The molecule has 0 aliphatic rings. The Morgan fingerprint density at radius 3 is 2.11 bits per heavy atom. The highest BCUT2D eigenvalue weighted by Crippen LogP contribution is 2.11. The molecule has 0 atom stereocenters. The summed E-state index contributed by atoms with van der Waals surface area (Å²) in [6.07, 6.45) is 0.990. The normalized spacial score (nSPS) is 11.1. The van der Waals surface area contributed by atoms with E-state index in [1.807, 2.05) is 32.9 Å². The minimum atomic E-state index is -0.435. The number of Topliss-reactive ketones (excluding diaryl/α,β-unsaturated/α-hetero) is 1. The van der Waals surface area contributed by atoms with Crippen molar-refractivity contribution in [1.82, 2.24) is 0 Å². The van der Waals surface area contributed by atoms with E-state index in [-0.39, 0.29) is 11.8 Å². The summed E-state index contributed by atoms with van der Waals surface area (Å²) in [6, 6.07) is 7.32. The smallest absolute Gasteiger partial charge is 0.306 e. The first-order valence-corrected chi connectivity index (χ1v) is 6.09. The van der Waals surface area contributed by atoms with Crippen LogP contribution in [0.5, 0.6) is 0 Å². The first-order chi connectivity index (χ1) is 8.28. The maximum absolute atomic E-state index is 11.5. The SMILES string of the molecule is CC(=O)c1ccc(CCC(=O)OC(C)(C)C)cc1. The van der Waals surface area contributed by atoms with Gasteiger partial charge >= 0.3 is 5.97 Å². The monoisotopic (exact) mass is 248 g/mol. The highest BCUT2D eigenvalue weighted by Gasteiger charge is 2.15. The molecule has 0 aliphatic carbocycles. The van der Waals surface area contributed by atoms with Gasteiger partial charge in [0.25, 0.3) is 0 Å². The first-order valence-electron chi connectivity index (χ1n) is 6.09. The van der Waals surface area contributed by atoms with Gasteiger partial charge in [0, 0.05) is 12.0 Å². The predicted octanol–water partition coefficient (Wildman–Crippen LogP) is 3.16. The van der Waals surface area contributed by atoms with Gasteiger partial charge in [0.2, 0.25) is 0 Å². The Morgan fingerprint density at radius 2 is 1.67 bits per heavy atom. The van der Waals surface area contributed by atoms with Crippen LogP contribution in [0.25, 0.3) is 0 Å². The fourth-order valence-electron chi connectivity index (χ4n) is 1.55. The zero-order valence-corrected chi connectivity index (χ0v) is 11.4. The van der Waals surface area contributed by atoms with Gasteiger partial charge in [-0.05, 0) is 39.7 Å². The van der Waals surface area contributed by atoms with E-state index in [1.54, 1.807) is 12.1 Å². The average Bonchev–Trinajstić information content (AvgIpc) is 2.24. The minimum Gasteiger partial charge on any atom is -0.460 e. The second-order valence-electron chi connectivity index (χ2n) is 5.34. The second-order valence-corrected chi connectivity index (χ2v) is 5.34. The largest absolute Gasteiger partial charge is 0.460 e. The number of ether oxygens (including phenoxy) is 1. The summed E-state index contributed by atoms with van der Waals surface area (Å²) in [5, 5.41) is 0. The maximum atomic E-state index is 11.5. The lowest BCUT2D eigenvalue weighted by molar-refractivity contribution is -0.154. The zero-order chi connectivity index (χ0) is 13.8. The molecule has 0 amide bonds. The molecule has 3 heteroatoms. The molecule has 0 heterocycles. The zero-order valence-electron chi connectivity index (χ0n) is 11.4. The molecular weight excluding hydrogens is 228 g/mol. The molecule has 0 spiro atoms. The summed E-state index contributed by atoms with van der Waals surface area (Å²) < 4.78 is 5.23. The van der Waals surface area contributed by atoms with Crippen LogP contribution in [0.3, 0.4) is 0 Å². The number of rotatable bonds is 4. The third-order valence-electron chi connectivity index (χ3n) is 2.40. The molecule has 18 heavy (non-hydrogen) atoms. The van der Waals surface area contributed by atoms with E-state index in [0.717, 1.165) is 5.56 Å². The van der Waals surface area contributed by atoms with Crippen LogP contribution in [0, 0.1) is 0 Å². The van der Waals surface area contributed by atoms with Crippen LogP contribution < -0.4 is 0 Å². The van der Waals surface area contributed by atoms with Crippen molar-refractivity contribution >= 4 is 11.8 Å². The summed E-state index contributed by atoms with van der Waals surface area (Å²) in [6.45, 7) is 7.10. The van der Waals surface area contributed by atoms with E-state index in [2.05, 4.69) is 0 Å². The van der Waals surface area contributed by atoms with Crippen LogP contribution >= 0.6 is 0 Å². The van der Waals surface area contributed by atoms with Gasteiger partial charge in [-0.3, -0.25) is 9.59 Å². The van der Waals surface area contributed by atoms with Crippen molar-refractivity contribution in [2.45, 2.75) is 46.1 Å². The number of esters is 1. The molecule has 0 saturated heterocycles. The van der Waals surface area contributed by atoms with E-state index < -0.39 is 5.60 Å². The van der Waals surface area contributed by atoms with Gasteiger partial charge in [-0.15, -0.1) is 0 Å². The van der Waals surface area contributed by atoms with Crippen molar-refractivity contribution in [3.05, 3.63) is 35.4 Å². The van der Waals surface area contributed by atoms with Crippen LogP contribution in [0.2, 0.25) is 0 Å². The van der Waals surface area contributed by atoms with E-state index in [9.17, 15) is 9.59 Å². The minimum absolute atomic E-state index is 0.0497. The van der Waals surface area contributed by atoms with Crippen LogP contribution in [0.15, 0.2) is 24.3 Å². The Labute approximate surface area is 108 Å². The van der Waals surface area contributed by atoms with Crippen molar-refractivity contribution in [3.63, 3.8) is 0 Å². The summed E-state index contributed by atoms with van der Waals surface area (Å²) in [4.78, 5) is 22.6. The lowest BCUT2D eigenvalue weighted by Crippen LogP contribution is -2.24. The highest BCUT2D eigenvalue weighted by molar-refractivity contribution is 5.94. The molecule has 1 rings (SSSR count). The molecule has 98 valence electrons. The van der Waals surface area contributed by atoms with Crippen molar-refractivity contribution in [3.8, 4) is 0 Å². The number of hydrogen-bond acceptors (Lipinski definition) is 3. The molecule has 0 aromatic heterocycles. The molecule has 0 bridgehead atoms. The Balaban J connectivity index is 2.49. The third-order valence-corrected chi connectivity index (χ3v) is 2.40. The molecule has 0 unspecified atom stereocenters. The highest BCUT2D eigenvalue weighted by atomic mass is 16.6. The number of benzene rings is 1. The van der Waals surface area contributed by atoms with Gasteiger partial charge in [0.1, 0.15) is 5.60 Å². The fraction of sp³-hybridized carbons (Fsp3) is 0.467. The number of carbonyl (C=O) groups excluding carboxylic acids is 2. The number of carbonyl (C=O) groups is 2. The summed E-state index contributed by atoms with van der Waals surface area (Å²) in [7, 11) is 0. The molecule has 1 aromatic rings. The average molecular weight is 248 g/mol. The van der Waals surface area contributed by atoms with Crippen molar-refractivity contribution in [2.24, 2.45) is 0 Å². The Morgan fingerprint density at radius 1 is 1.11 bits per heavy atom. The van der Waals surface area contributed by atoms with Crippen molar-refractivity contribution in [1.29, 1.82) is 0 Å². The molecule has 0 fully saturated rings. The van der Waals surface area contributed by atoms with Gasteiger partial charge in [0.15, 0.2) is 5.78 Å². The quantitative estimate of drug-likeness (QED) is 0.607. The molecule has 0 aliphatic heterocycles. The van der Waals surface area contributed by atoms with Crippen LogP contribution in [-0.2, 0) is 16.0 Å². The standard InChI is InChI=1S/C15H20O3/c1-11(16)13-8-5-12(6-9-13)7-10-14(17)18-15(2,3)4/h5-6,8-9H,7,10H2,1-4H3. The van der Waals surface area contributed by atoms with Gasteiger partial charge in [-0.1, -0.05) is 24.3 Å². The topological polar surface area (TPSA) is 43.4 Å². The van der Waals surface area contributed by atoms with Gasteiger partial charge < -0.3 is 4.74 Å². The van der Waals surface area contributed by atoms with E-state index >= 15 is 0 Å². The first kappa shape index (κ1) is 14.4. The van der Waals surface area contributed by atoms with Gasteiger partial charge in [-0.2, -0.15) is 0 Å². The van der Waals surface area contributed by atoms with Crippen LogP contribution in [0.4, 0.5) is 0 Å². The number of ketones is 1. The predicted molar refractivity (Wildman–Crippen MR) is 70.6 cm³/mol. The van der Waals surface area contributed by atoms with Gasteiger partial charge in [0.05, 0.1) is 0 Å². The summed E-state index contributed by atoms with van der Waals surface area (Å²) in [5.41, 5.74) is 1.29. The van der Waals surface area contributed by atoms with E-state index in [0.29, 0.717) is 18.4 Å². The van der Waals surface area contributed by atoms with Crippen molar-refractivity contribution < 1.29 is 14.3 Å². The second kappa shape index (κ2) is 5.80. The molecule has 0 saturated carbocycles. The Kier molecular flexibility index (Phi) is 4.65. The van der Waals surface area contributed by atoms with Crippen LogP contribution in [-0.4, -0.2) is 17.4 Å². The Hall–Kier alpha value is -1.64. The lowest BCUT2D eigenvalue weighted by atomic mass is 10.1. The molecule has 3 nitrogen and oxygen atoms in total. The Bertz CT molecular complexity index is 424. The van der Waals surface area contributed by atoms with E-state index in [1.165, 1.54) is 6.92 Å². The fourth-order valence-corrected chi connectivity index (χ4v) is 1.55. The van der Waals surface area contributed by atoms with E-state index in [4.69, 9.17) is 4.74 Å². The third kappa shape index (κ3) is 5.13. The number of hydrogen-bond donors (Lipinski definition) is 0. The molecule has 1 aromatic carbocycles. The van der Waals surface area contributed by atoms with Crippen molar-refractivity contribution in [2.75, 3.05) is 0 Å². The summed E-state index contributed by atoms with van der Waals surface area (Å²) in [5.74, 6) is -0.146. The summed E-state index contributed by atoms with van der Waals surface area (Å²) >= 11 is 0. The molecule has 0 N–H and O–H groups in total. The molecular formula is C15H20O3. The maximum Gasteiger partial charge on any atom is 0.306 e. The lowest BCUT2D eigenvalue weighted by Gasteiger charge is -2.19.